The zero-order valence-corrected chi connectivity index (χ0v) is 7.62. The van der Waals surface area contributed by atoms with E-state index < -0.39 is 0 Å². The van der Waals surface area contributed by atoms with E-state index in [1.807, 2.05) is 17.9 Å². The van der Waals surface area contributed by atoms with Crippen LogP contribution in [0.4, 0.5) is 0 Å². The van der Waals surface area contributed by atoms with Gasteiger partial charge in [0.05, 0.1) is 12.0 Å². The maximum atomic E-state index is 4.24. The summed E-state index contributed by atoms with van der Waals surface area (Å²) in [6.45, 7) is 3.19. The summed E-state index contributed by atoms with van der Waals surface area (Å²) in [6, 6.07) is 0.743. The summed E-state index contributed by atoms with van der Waals surface area (Å²) in [5.74, 6) is 0.869. The number of nitrogens with zero attached hydrogens (tertiary/aromatic N) is 2. The molecular weight excluding hydrogens is 150 g/mol. The number of nitrogens with one attached hydrogen (secondary N) is 1. The molecule has 2 rings (SSSR count). The van der Waals surface area contributed by atoms with Gasteiger partial charge in [-0.15, -0.1) is 0 Å². The first-order chi connectivity index (χ1) is 5.75. The highest BCUT2D eigenvalue weighted by atomic mass is 15.0. The summed E-state index contributed by atoms with van der Waals surface area (Å²) >= 11 is 0. The smallest absolute Gasteiger partial charge is 0.0947 e. The van der Waals surface area contributed by atoms with Crippen LogP contribution in [0.15, 0.2) is 12.5 Å². The SMILES string of the molecule is C[C@@H]1C[C@H]1NCc1cn(C)cn1. The van der Waals surface area contributed by atoms with Gasteiger partial charge in [0.1, 0.15) is 0 Å². The van der Waals surface area contributed by atoms with Crippen molar-refractivity contribution in [2.75, 3.05) is 0 Å². The number of hydrogen-bond acceptors (Lipinski definition) is 2. The average Bonchev–Trinajstić information content (AvgIpc) is 2.56. The van der Waals surface area contributed by atoms with Gasteiger partial charge >= 0.3 is 0 Å². The number of aryl methyl sites for hydroxylation is 1. The van der Waals surface area contributed by atoms with E-state index in [1.54, 1.807) is 0 Å². The van der Waals surface area contributed by atoms with Gasteiger partial charge in [0.2, 0.25) is 0 Å². The van der Waals surface area contributed by atoms with Gasteiger partial charge in [-0.2, -0.15) is 0 Å². The summed E-state index contributed by atoms with van der Waals surface area (Å²) in [6.07, 6.45) is 5.22. The Hall–Kier alpha value is -0.830. The lowest BCUT2D eigenvalue weighted by Crippen LogP contribution is -2.17. The Bertz CT molecular complexity index is 266. The molecule has 0 saturated heterocycles. The first-order valence-corrected chi connectivity index (χ1v) is 4.46. The normalized spacial score (nSPS) is 27.5. The highest BCUT2D eigenvalue weighted by molar-refractivity contribution is 4.98. The van der Waals surface area contributed by atoms with E-state index >= 15 is 0 Å². The Kier molecular flexibility index (Phi) is 1.89. The van der Waals surface area contributed by atoms with Crippen LogP contribution in [0, 0.1) is 5.92 Å². The molecule has 0 bridgehead atoms. The monoisotopic (exact) mass is 165 g/mol. The van der Waals surface area contributed by atoms with E-state index in [0.29, 0.717) is 0 Å². The highest BCUT2D eigenvalue weighted by Crippen LogP contribution is 2.29. The van der Waals surface area contributed by atoms with Crippen molar-refractivity contribution in [2.24, 2.45) is 13.0 Å². The fourth-order valence-corrected chi connectivity index (χ4v) is 1.40. The van der Waals surface area contributed by atoms with Crippen molar-refractivity contribution in [2.45, 2.75) is 25.9 Å². The molecule has 3 nitrogen and oxygen atoms in total. The molecule has 1 saturated carbocycles. The van der Waals surface area contributed by atoms with Crippen molar-refractivity contribution in [1.29, 1.82) is 0 Å². The van der Waals surface area contributed by atoms with Crippen molar-refractivity contribution in [1.82, 2.24) is 14.9 Å². The summed E-state index contributed by atoms with van der Waals surface area (Å²) in [5.41, 5.74) is 1.14. The van der Waals surface area contributed by atoms with Crippen LogP contribution in [-0.4, -0.2) is 15.6 Å². The minimum Gasteiger partial charge on any atom is -0.340 e. The van der Waals surface area contributed by atoms with Gasteiger partial charge in [-0.3, -0.25) is 0 Å². The topological polar surface area (TPSA) is 29.9 Å². The zero-order chi connectivity index (χ0) is 8.55. The maximum Gasteiger partial charge on any atom is 0.0947 e. The molecule has 1 heterocycles. The fourth-order valence-electron chi connectivity index (χ4n) is 1.40. The molecule has 1 aromatic heterocycles. The lowest BCUT2D eigenvalue weighted by molar-refractivity contribution is 0.644. The molecule has 1 aliphatic carbocycles. The maximum absolute atomic E-state index is 4.24. The Balaban J connectivity index is 1.80. The molecule has 2 atom stereocenters. The second-order valence-electron chi connectivity index (χ2n) is 3.73. The van der Waals surface area contributed by atoms with E-state index in [1.165, 1.54) is 6.42 Å². The van der Waals surface area contributed by atoms with Crippen LogP contribution in [0.5, 0.6) is 0 Å². The molecule has 1 N–H and O–H groups in total. The molecule has 3 heteroatoms. The second-order valence-corrected chi connectivity index (χ2v) is 3.73. The number of rotatable bonds is 3. The first-order valence-electron chi connectivity index (χ1n) is 4.46. The van der Waals surface area contributed by atoms with Crippen LogP contribution >= 0.6 is 0 Å². The molecule has 1 aliphatic rings. The summed E-state index contributed by atoms with van der Waals surface area (Å²) in [5, 5.41) is 3.46. The Morgan fingerprint density at radius 1 is 1.75 bits per heavy atom. The standard InChI is InChI=1S/C9H15N3/c1-7-3-9(7)10-4-8-5-12(2)6-11-8/h5-7,9-10H,3-4H2,1-2H3/t7-,9-/m1/s1. The Morgan fingerprint density at radius 3 is 3.00 bits per heavy atom. The van der Waals surface area contributed by atoms with Crippen molar-refractivity contribution >= 4 is 0 Å². The van der Waals surface area contributed by atoms with Gasteiger partial charge in [0, 0.05) is 25.8 Å². The van der Waals surface area contributed by atoms with Gasteiger partial charge < -0.3 is 9.88 Å². The van der Waals surface area contributed by atoms with E-state index in [0.717, 1.165) is 24.2 Å². The molecule has 0 aliphatic heterocycles. The van der Waals surface area contributed by atoms with Gasteiger partial charge in [-0.25, -0.2) is 4.98 Å². The Morgan fingerprint density at radius 2 is 2.50 bits per heavy atom. The van der Waals surface area contributed by atoms with Gasteiger partial charge in [-0.05, 0) is 12.3 Å². The molecule has 0 aromatic carbocycles. The molecule has 0 unspecified atom stereocenters. The van der Waals surface area contributed by atoms with Gasteiger partial charge in [0.25, 0.3) is 0 Å². The summed E-state index contributed by atoms with van der Waals surface area (Å²) < 4.78 is 1.98. The number of aromatic nitrogens is 2. The van der Waals surface area contributed by atoms with Crippen LogP contribution in [0.25, 0.3) is 0 Å². The summed E-state index contributed by atoms with van der Waals surface area (Å²) in [4.78, 5) is 4.24. The quantitative estimate of drug-likeness (QED) is 0.721. The second kappa shape index (κ2) is 2.90. The lowest BCUT2D eigenvalue weighted by atomic mass is 10.4. The van der Waals surface area contributed by atoms with Crippen LogP contribution < -0.4 is 5.32 Å². The lowest BCUT2D eigenvalue weighted by Gasteiger charge is -1.98. The van der Waals surface area contributed by atoms with E-state index in [2.05, 4.69) is 23.4 Å². The van der Waals surface area contributed by atoms with Crippen LogP contribution in [0.3, 0.4) is 0 Å². The van der Waals surface area contributed by atoms with Crippen LogP contribution in [-0.2, 0) is 13.6 Å². The van der Waals surface area contributed by atoms with E-state index in [9.17, 15) is 0 Å². The molecule has 0 amide bonds. The van der Waals surface area contributed by atoms with Crippen molar-refractivity contribution in [3.63, 3.8) is 0 Å². The Labute approximate surface area is 72.8 Å². The number of hydrogen-bond donors (Lipinski definition) is 1. The van der Waals surface area contributed by atoms with E-state index in [4.69, 9.17) is 0 Å². The molecule has 0 radical (unpaired) electrons. The van der Waals surface area contributed by atoms with Gasteiger partial charge in [0.15, 0.2) is 0 Å². The zero-order valence-electron chi connectivity index (χ0n) is 7.62. The predicted octanol–water partition coefficient (Wildman–Crippen LogP) is 0.918. The third kappa shape index (κ3) is 1.67. The minimum atomic E-state index is 0.743. The van der Waals surface area contributed by atoms with Crippen molar-refractivity contribution in [3.05, 3.63) is 18.2 Å². The average molecular weight is 165 g/mol. The molecule has 66 valence electrons. The van der Waals surface area contributed by atoms with Gasteiger partial charge in [-0.1, -0.05) is 6.92 Å². The van der Waals surface area contributed by atoms with Crippen molar-refractivity contribution in [3.8, 4) is 0 Å². The molecule has 0 spiro atoms. The third-order valence-electron chi connectivity index (χ3n) is 2.41. The third-order valence-corrected chi connectivity index (χ3v) is 2.41. The molecule has 12 heavy (non-hydrogen) atoms. The summed E-state index contributed by atoms with van der Waals surface area (Å²) in [7, 11) is 2.00. The van der Waals surface area contributed by atoms with Crippen LogP contribution in [0.2, 0.25) is 0 Å². The molecule has 1 fully saturated rings. The molecule has 1 aromatic rings. The first kappa shape index (κ1) is 7.80. The largest absolute Gasteiger partial charge is 0.340 e. The molecular formula is C9H15N3. The van der Waals surface area contributed by atoms with Crippen LogP contribution in [0.1, 0.15) is 19.0 Å². The van der Waals surface area contributed by atoms with Crippen molar-refractivity contribution < 1.29 is 0 Å². The minimum absolute atomic E-state index is 0.743. The predicted molar refractivity (Wildman–Crippen MR) is 47.6 cm³/mol. The van der Waals surface area contributed by atoms with E-state index in [-0.39, 0.29) is 0 Å². The highest BCUT2D eigenvalue weighted by Gasteiger charge is 2.31. The fraction of sp³-hybridized carbons (Fsp3) is 0.667. The number of imidazole rings is 1.